The molecule has 1 N–H and O–H groups in total. The SMILES string of the molecule is COc1ccccc1N(CC(=O)N[C@@H](C)c1cc(C)ccc1C)S(C)(=O)=O. The molecule has 2 aromatic carbocycles. The third-order valence-electron chi connectivity index (χ3n) is 4.32. The van der Waals surface area contributed by atoms with Crippen molar-refractivity contribution in [2.45, 2.75) is 26.8 Å². The zero-order valence-electron chi connectivity index (χ0n) is 16.3. The van der Waals surface area contributed by atoms with Gasteiger partial charge in [-0.15, -0.1) is 0 Å². The number of nitrogens with one attached hydrogen (secondary N) is 1. The monoisotopic (exact) mass is 390 g/mol. The Bertz CT molecular complexity index is 925. The largest absolute Gasteiger partial charge is 0.495 e. The smallest absolute Gasteiger partial charge is 0.241 e. The maximum absolute atomic E-state index is 12.6. The number of hydrogen-bond donors (Lipinski definition) is 1. The minimum absolute atomic E-state index is 0.239. The molecule has 6 nitrogen and oxygen atoms in total. The molecule has 0 unspecified atom stereocenters. The van der Waals surface area contributed by atoms with Crippen LogP contribution in [0.1, 0.15) is 29.7 Å². The van der Waals surface area contributed by atoms with Crippen LogP contribution < -0.4 is 14.4 Å². The molecule has 0 saturated carbocycles. The molecule has 0 aromatic heterocycles. The number of amides is 1. The summed E-state index contributed by atoms with van der Waals surface area (Å²) < 4.78 is 30.9. The van der Waals surface area contributed by atoms with Gasteiger partial charge in [0.15, 0.2) is 0 Å². The van der Waals surface area contributed by atoms with Gasteiger partial charge >= 0.3 is 0 Å². The van der Waals surface area contributed by atoms with E-state index in [0.717, 1.165) is 27.3 Å². The van der Waals surface area contributed by atoms with Gasteiger partial charge in [0, 0.05) is 0 Å². The van der Waals surface area contributed by atoms with Gasteiger partial charge in [0.2, 0.25) is 15.9 Å². The number of sulfonamides is 1. The second kappa shape index (κ2) is 8.43. The molecule has 146 valence electrons. The lowest BCUT2D eigenvalue weighted by Crippen LogP contribution is -2.41. The van der Waals surface area contributed by atoms with E-state index in [1.54, 1.807) is 24.3 Å². The van der Waals surface area contributed by atoms with Crippen LogP contribution in [0.25, 0.3) is 0 Å². The second-order valence-electron chi connectivity index (χ2n) is 6.59. The molecule has 0 aliphatic rings. The summed E-state index contributed by atoms with van der Waals surface area (Å²) in [6.07, 6.45) is 1.07. The molecular weight excluding hydrogens is 364 g/mol. The Labute approximate surface area is 161 Å². The van der Waals surface area contributed by atoms with Gasteiger partial charge in [-0.1, -0.05) is 35.9 Å². The molecule has 0 saturated heterocycles. The Hall–Kier alpha value is -2.54. The normalized spacial score (nSPS) is 12.3. The standard InChI is InChI=1S/C20H26N2O4S/c1-14-10-11-15(2)17(12-14)16(3)21-20(23)13-22(27(5,24)25)18-8-6-7-9-19(18)26-4/h6-12,16H,13H2,1-5H3,(H,21,23)/t16-/m0/s1. The van der Waals surface area contributed by atoms with Crippen molar-refractivity contribution in [2.24, 2.45) is 0 Å². The summed E-state index contributed by atoms with van der Waals surface area (Å²) in [4.78, 5) is 12.6. The third kappa shape index (κ3) is 5.23. The van der Waals surface area contributed by atoms with Crippen molar-refractivity contribution < 1.29 is 17.9 Å². The van der Waals surface area contributed by atoms with E-state index in [-0.39, 0.29) is 18.5 Å². The average molecular weight is 391 g/mol. The number of carbonyl (C=O) groups excluding carboxylic acids is 1. The molecule has 0 aliphatic carbocycles. The summed E-state index contributed by atoms with van der Waals surface area (Å²) >= 11 is 0. The molecule has 0 radical (unpaired) electrons. The first-order valence-corrected chi connectivity index (χ1v) is 10.5. The van der Waals surface area contributed by atoms with Crippen LogP contribution in [0.5, 0.6) is 5.75 Å². The van der Waals surface area contributed by atoms with Gasteiger partial charge in [0.05, 0.1) is 25.1 Å². The van der Waals surface area contributed by atoms with Crippen LogP contribution in [-0.4, -0.2) is 34.2 Å². The highest BCUT2D eigenvalue weighted by molar-refractivity contribution is 7.92. The number of aryl methyl sites for hydroxylation is 2. The van der Waals surface area contributed by atoms with Gasteiger partial charge in [-0.3, -0.25) is 9.10 Å². The summed E-state index contributed by atoms with van der Waals surface area (Å²) in [5.74, 6) is -0.00182. The maximum atomic E-state index is 12.6. The van der Waals surface area contributed by atoms with Crippen molar-refractivity contribution in [3.05, 3.63) is 59.2 Å². The van der Waals surface area contributed by atoms with Crippen LogP contribution in [0.3, 0.4) is 0 Å². The Balaban J connectivity index is 2.23. The van der Waals surface area contributed by atoms with E-state index < -0.39 is 10.0 Å². The van der Waals surface area contributed by atoms with Crippen LogP contribution in [-0.2, 0) is 14.8 Å². The molecular formula is C20H26N2O4S. The van der Waals surface area contributed by atoms with Gasteiger partial charge in [0.1, 0.15) is 12.3 Å². The number of para-hydroxylation sites is 2. The number of nitrogens with zero attached hydrogens (tertiary/aromatic N) is 1. The minimum Gasteiger partial charge on any atom is -0.495 e. The summed E-state index contributed by atoms with van der Waals surface area (Å²) in [5.41, 5.74) is 3.50. The molecule has 0 fully saturated rings. The van der Waals surface area contributed by atoms with Crippen LogP contribution in [0.4, 0.5) is 5.69 Å². The number of methoxy groups -OCH3 is 1. The molecule has 27 heavy (non-hydrogen) atoms. The van der Waals surface area contributed by atoms with E-state index in [1.807, 2.05) is 39.0 Å². The first-order chi connectivity index (χ1) is 12.6. The van der Waals surface area contributed by atoms with Gasteiger partial charge in [-0.2, -0.15) is 0 Å². The van der Waals surface area contributed by atoms with Crippen LogP contribution >= 0.6 is 0 Å². The second-order valence-corrected chi connectivity index (χ2v) is 8.50. The summed E-state index contributed by atoms with van der Waals surface area (Å²) in [6.45, 7) is 5.53. The molecule has 1 amide bonds. The van der Waals surface area contributed by atoms with Crippen molar-refractivity contribution in [2.75, 3.05) is 24.2 Å². The molecule has 7 heteroatoms. The predicted octanol–water partition coefficient (Wildman–Crippen LogP) is 2.96. The van der Waals surface area contributed by atoms with Crippen molar-refractivity contribution in [1.82, 2.24) is 5.32 Å². The number of rotatable bonds is 7. The molecule has 0 bridgehead atoms. The number of anilines is 1. The number of carbonyl (C=O) groups is 1. The summed E-state index contributed by atoms with van der Waals surface area (Å²) in [5, 5.41) is 2.89. The first-order valence-electron chi connectivity index (χ1n) is 8.60. The minimum atomic E-state index is -3.67. The Morgan fingerprint density at radius 2 is 1.85 bits per heavy atom. The molecule has 0 spiro atoms. The highest BCUT2D eigenvalue weighted by atomic mass is 32.2. The zero-order valence-corrected chi connectivity index (χ0v) is 17.1. The number of hydrogen-bond acceptors (Lipinski definition) is 4. The Morgan fingerprint density at radius 3 is 2.48 bits per heavy atom. The van der Waals surface area contributed by atoms with Crippen LogP contribution in [0.15, 0.2) is 42.5 Å². The maximum Gasteiger partial charge on any atom is 0.241 e. The Morgan fingerprint density at radius 1 is 1.19 bits per heavy atom. The highest BCUT2D eigenvalue weighted by Crippen LogP contribution is 2.29. The third-order valence-corrected chi connectivity index (χ3v) is 5.45. The van der Waals surface area contributed by atoms with E-state index in [0.29, 0.717) is 11.4 Å². The molecule has 2 aromatic rings. The fraction of sp³-hybridized carbons (Fsp3) is 0.350. The lowest BCUT2D eigenvalue weighted by molar-refractivity contribution is -0.120. The van der Waals surface area contributed by atoms with Gasteiger partial charge in [-0.05, 0) is 44.0 Å². The number of benzene rings is 2. The molecule has 0 aliphatic heterocycles. The van der Waals surface area contributed by atoms with E-state index in [1.165, 1.54) is 7.11 Å². The van der Waals surface area contributed by atoms with E-state index in [2.05, 4.69) is 5.32 Å². The van der Waals surface area contributed by atoms with Gasteiger partial charge in [0.25, 0.3) is 0 Å². The van der Waals surface area contributed by atoms with Crippen LogP contribution in [0, 0.1) is 13.8 Å². The zero-order chi connectivity index (χ0) is 20.2. The van der Waals surface area contributed by atoms with Crippen molar-refractivity contribution in [3.8, 4) is 5.75 Å². The summed E-state index contributed by atoms with van der Waals surface area (Å²) in [7, 11) is -2.21. The first kappa shape index (κ1) is 20.8. The fourth-order valence-corrected chi connectivity index (χ4v) is 3.80. The van der Waals surface area contributed by atoms with Crippen LogP contribution in [0.2, 0.25) is 0 Å². The molecule has 2 rings (SSSR count). The Kier molecular flexibility index (Phi) is 6.49. The lowest BCUT2D eigenvalue weighted by Gasteiger charge is -2.25. The molecule has 1 atom stereocenters. The van der Waals surface area contributed by atoms with Crippen molar-refractivity contribution in [1.29, 1.82) is 0 Å². The van der Waals surface area contributed by atoms with E-state index in [9.17, 15) is 13.2 Å². The highest BCUT2D eigenvalue weighted by Gasteiger charge is 2.24. The quantitative estimate of drug-likeness (QED) is 0.789. The van der Waals surface area contributed by atoms with Gasteiger partial charge in [-0.25, -0.2) is 8.42 Å². The topological polar surface area (TPSA) is 75.7 Å². The predicted molar refractivity (Wildman–Crippen MR) is 108 cm³/mol. The van der Waals surface area contributed by atoms with Crippen molar-refractivity contribution in [3.63, 3.8) is 0 Å². The van der Waals surface area contributed by atoms with Gasteiger partial charge < -0.3 is 10.1 Å². The van der Waals surface area contributed by atoms with Crippen molar-refractivity contribution >= 4 is 21.6 Å². The average Bonchev–Trinajstić information content (AvgIpc) is 2.60. The van der Waals surface area contributed by atoms with E-state index >= 15 is 0 Å². The summed E-state index contributed by atoms with van der Waals surface area (Å²) in [6, 6.07) is 12.5. The fourth-order valence-electron chi connectivity index (χ4n) is 2.94. The number of ether oxygens (including phenoxy) is 1. The molecule has 0 heterocycles. The lowest BCUT2D eigenvalue weighted by atomic mass is 10.00. The van der Waals surface area contributed by atoms with E-state index in [4.69, 9.17) is 4.74 Å².